The topological polar surface area (TPSA) is 86.5 Å². The number of hydrogen-bond donors (Lipinski definition) is 1. The van der Waals surface area contributed by atoms with E-state index in [4.69, 9.17) is 14.0 Å². The van der Waals surface area contributed by atoms with E-state index in [1.54, 1.807) is 12.1 Å². The summed E-state index contributed by atoms with van der Waals surface area (Å²) in [6.07, 6.45) is 3.97. The molecule has 160 valence electrons. The number of anilines is 1. The molecular weight excluding hydrogens is 394 g/mol. The van der Waals surface area contributed by atoms with Gasteiger partial charge in [0.25, 0.3) is 17.6 Å². The Morgan fingerprint density at radius 1 is 1.03 bits per heavy atom. The quantitative estimate of drug-likeness (QED) is 0.618. The molecule has 1 spiro atoms. The van der Waals surface area contributed by atoms with Crippen LogP contribution in [-0.2, 0) is 5.41 Å². The highest BCUT2D eigenvalue weighted by molar-refractivity contribution is 6.08. The molecule has 2 aromatic carbocycles. The van der Waals surface area contributed by atoms with Crippen molar-refractivity contribution < 1.29 is 18.8 Å². The number of hydrogen-bond acceptors (Lipinski definition) is 6. The first-order chi connectivity index (χ1) is 14.8. The van der Waals surface area contributed by atoms with Crippen LogP contribution in [0.25, 0.3) is 11.5 Å². The Kier molecular flexibility index (Phi) is 4.50. The molecule has 2 aliphatic rings. The highest BCUT2D eigenvalue weighted by Crippen LogP contribution is 2.47. The predicted molar refractivity (Wildman–Crippen MR) is 115 cm³/mol. The van der Waals surface area contributed by atoms with Gasteiger partial charge in [0.2, 0.25) is 0 Å². The Morgan fingerprint density at radius 3 is 2.52 bits per heavy atom. The van der Waals surface area contributed by atoms with E-state index in [0.29, 0.717) is 34.3 Å². The average Bonchev–Trinajstić information content (AvgIpc) is 3.47. The molecular formula is C24H25N3O4. The number of benzene rings is 2. The van der Waals surface area contributed by atoms with E-state index in [1.807, 2.05) is 51.1 Å². The maximum Gasteiger partial charge on any atom is 0.258 e. The molecule has 7 nitrogen and oxygen atoms in total. The molecule has 1 N–H and O–H groups in total. The van der Waals surface area contributed by atoms with Gasteiger partial charge in [-0.15, -0.1) is 0 Å². The number of nitrogens with one attached hydrogen (secondary N) is 1. The van der Waals surface area contributed by atoms with Crippen molar-refractivity contribution in [1.82, 2.24) is 10.1 Å². The number of carbonyl (C=O) groups is 1. The number of nitrogens with zero attached hydrogens (tertiary/aromatic N) is 2. The summed E-state index contributed by atoms with van der Waals surface area (Å²) in [5.41, 5.74) is 1.44. The van der Waals surface area contributed by atoms with Crippen molar-refractivity contribution in [2.45, 2.75) is 57.7 Å². The predicted octanol–water partition coefficient (Wildman–Crippen LogP) is 5.33. The molecule has 0 atom stereocenters. The van der Waals surface area contributed by atoms with Crippen LogP contribution in [0, 0.1) is 0 Å². The minimum absolute atomic E-state index is 0.248. The molecule has 1 fully saturated rings. The van der Waals surface area contributed by atoms with Gasteiger partial charge in [-0.1, -0.05) is 38.1 Å². The number of amides is 1. The summed E-state index contributed by atoms with van der Waals surface area (Å²) in [6.45, 7) is 6.03. The highest BCUT2D eigenvalue weighted by Gasteiger charge is 2.44. The zero-order valence-electron chi connectivity index (χ0n) is 17.9. The minimum Gasteiger partial charge on any atom is -0.448 e. The normalized spacial score (nSPS) is 16.6. The fourth-order valence-corrected chi connectivity index (χ4v) is 3.99. The summed E-state index contributed by atoms with van der Waals surface area (Å²) in [4.78, 5) is 17.6. The van der Waals surface area contributed by atoms with Gasteiger partial charge in [0.1, 0.15) is 0 Å². The molecule has 1 amide bonds. The number of rotatable bonds is 3. The lowest BCUT2D eigenvalue weighted by molar-refractivity contribution is -0.0716. The Balaban J connectivity index is 1.38. The molecule has 1 saturated carbocycles. The monoisotopic (exact) mass is 419 g/mol. The largest absolute Gasteiger partial charge is 0.448 e. The number of carbonyl (C=O) groups excluding carboxylic acids is 1. The second-order valence-corrected chi connectivity index (χ2v) is 9.16. The molecule has 1 aliphatic heterocycles. The lowest BCUT2D eigenvalue weighted by atomic mass is 9.96. The molecule has 3 aromatic rings. The molecule has 1 aliphatic carbocycles. The molecule has 0 radical (unpaired) electrons. The molecule has 0 saturated heterocycles. The SMILES string of the molecule is CC(C)(C)c1noc(-c2ccccc2C(=O)Nc2ccc3c(c2)OC2(CCCC2)O3)n1. The second kappa shape index (κ2) is 7.11. The van der Waals surface area contributed by atoms with Gasteiger partial charge in [0, 0.05) is 30.0 Å². The van der Waals surface area contributed by atoms with E-state index in [2.05, 4.69) is 15.5 Å². The van der Waals surface area contributed by atoms with Crippen LogP contribution in [0.15, 0.2) is 47.0 Å². The first-order valence-electron chi connectivity index (χ1n) is 10.6. The molecule has 0 unspecified atom stereocenters. The van der Waals surface area contributed by atoms with Crippen molar-refractivity contribution in [2.24, 2.45) is 0 Å². The minimum atomic E-state index is -0.527. The second-order valence-electron chi connectivity index (χ2n) is 9.16. The Morgan fingerprint density at radius 2 is 1.77 bits per heavy atom. The summed E-state index contributed by atoms with van der Waals surface area (Å²) in [6, 6.07) is 12.7. The standard InChI is InChI=1S/C24H25N3O4/c1-23(2,3)22-26-21(31-27-22)17-9-5-4-8-16(17)20(28)25-15-10-11-18-19(14-15)30-24(29-18)12-6-7-13-24/h4-5,8-11,14H,6-7,12-13H2,1-3H3,(H,25,28). The van der Waals surface area contributed by atoms with Gasteiger partial charge in [-0.25, -0.2) is 0 Å². The third-order valence-electron chi connectivity index (χ3n) is 5.66. The lowest BCUT2D eigenvalue weighted by Gasteiger charge is -2.21. The van der Waals surface area contributed by atoms with E-state index < -0.39 is 5.79 Å². The Hall–Kier alpha value is -3.35. The molecule has 0 bridgehead atoms. The van der Waals surface area contributed by atoms with Crippen molar-refractivity contribution in [3.05, 3.63) is 53.9 Å². The van der Waals surface area contributed by atoms with Gasteiger partial charge in [-0.05, 0) is 37.1 Å². The smallest absolute Gasteiger partial charge is 0.258 e. The average molecular weight is 419 g/mol. The molecule has 7 heteroatoms. The van der Waals surface area contributed by atoms with Crippen molar-refractivity contribution in [2.75, 3.05) is 5.32 Å². The third kappa shape index (κ3) is 3.65. The van der Waals surface area contributed by atoms with Crippen LogP contribution < -0.4 is 14.8 Å². The highest BCUT2D eigenvalue weighted by atomic mass is 16.7. The van der Waals surface area contributed by atoms with Gasteiger partial charge in [0.15, 0.2) is 17.3 Å². The van der Waals surface area contributed by atoms with Gasteiger partial charge >= 0.3 is 0 Å². The van der Waals surface area contributed by atoms with Crippen LogP contribution in [0.4, 0.5) is 5.69 Å². The van der Waals surface area contributed by atoms with Gasteiger partial charge < -0.3 is 19.3 Å². The summed E-state index contributed by atoms with van der Waals surface area (Å²) >= 11 is 0. The number of aromatic nitrogens is 2. The fourth-order valence-electron chi connectivity index (χ4n) is 3.99. The fraction of sp³-hybridized carbons (Fsp3) is 0.375. The third-order valence-corrected chi connectivity index (χ3v) is 5.66. The Labute approximate surface area is 180 Å². The van der Waals surface area contributed by atoms with E-state index in [-0.39, 0.29) is 11.3 Å². The summed E-state index contributed by atoms with van der Waals surface area (Å²) < 4.78 is 17.6. The van der Waals surface area contributed by atoms with Crippen molar-refractivity contribution >= 4 is 11.6 Å². The van der Waals surface area contributed by atoms with Crippen LogP contribution >= 0.6 is 0 Å². The van der Waals surface area contributed by atoms with Gasteiger partial charge in [-0.2, -0.15) is 4.98 Å². The van der Waals surface area contributed by atoms with Crippen LogP contribution in [0.2, 0.25) is 0 Å². The van der Waals surface area contributed by atoms with Gasteiger partial charge in [-0.3, -0.25) is 4.79 Å². The van der Waals surface area contributed by atoms with E-state index in [9.17, 15) is 4.79 Å². The van der Waals surface area contributed by atoms with E-state index in [0.717, 1.165) is 31.4 Å². The molecule has 31 heavy (non-hydrogen) atoms. The van der Waals surface area contributed by atoms with Crippen LogP contribution in [0.5, 0.6) is 11.5 Å². The zero-order valence-corrected chi connectivity index (χ0v) is 17.9. The van der Waals surface area contributed by atoms with Crippen molar-refractivity contribution in [3.8, 4) is 23.0 Å². The molecule has 2 heterocycles. The summed E-state index contributed by atoms with van der Waals surface area (Å²) in [5.74, 6) is 1.51. The maximum absolute atomic E-state index is 13.1. The summed E-state index contributed by atoms with van der Waals surface area (Å²) in [7, 11) is 0. The number of fused-ring (bicyclic) bond motifs is 1. The lowest BCUT2D eigenvalue weighted by Crippen LogP contribution is -2.34. The molecule has 1 aromatic heterocycles. The summed E-state index contributed by atoms with van der Waals surface area (Å²) in [5, 5.41) is 7.02. The zero-order chi connectivity index (χ0) is 21.6. The maximum atomic E-state index is 13.1. The van der Waals surface area contributed by atoms with Crippen molar-refractivity contribution in [1.29, 1.82) is 0 Å². The molecule has 5 rings (SSSR count). The van der Waals surface area contributed by atoms with Crippen LogP contribution in [0.3, 0.4) is 0 Å². The first-order valence-corrected chi connectivity index (χ1v) is 10.6. The van der Waals surface area contributed by atoms with Gasteiger partial charge in [0.05, 0.1) is 11.1 Å². The first kappa shape index (κ1) is 19.6. The Bertz CT molecular complexity index is 1140. The van der Waals surface area contributed by atoms with Crippen LogP contribution in [0.1, 0.15) is 62.6 Å². The van der Waals surface area contributed by atoms with E-state index in [1.165, 1.54) is 0 Å². The van der Waals surface area contributed by atoms with E-state index >= 15 is 0 Å². The van der Waals surface area contributed by atoms with Crippen molar-refractivity contribution in [3.63, 3.8) is 0 Å². The number of ether oxygens (including phenoxy) is 2. The van der Waals surface area contributed by atoms with Crippen LogP contribution in [-0.4, -0.2) is 21.8 Å².